The van der Waals surface area contributed by atoms with Gasteiger partial charge in [0.2, 0.25) is 0 Å². The van der Waals surface area contributed by atoms with Gasteiger partial charge in [-0.1, -0.05) is 6.07 Å². The van der Waals surface area contributed by atoms with E-state index in [1.165, 1.54) is 0 Å². The van der Waals surface area contributed by atoms with E-state index in [0.29, 0.717) is 30.3 Å². The van der Waals surface area contributed by atoms with Crippen molar-refractivity contribution < 1.29 is 9.53 Å². The van der Waals surface area contributed by atoms with Gasteiger partial charge in [0, 0.05) is 36.2 Å². The smallest absolute Gasteiger partial charge is 0.251 e. The number of fused-ring (bicyclic) bond motifs is 1. The Labute approximate surface area is 157 Å². The number of pyridine rings is 1. The van der Waals surface area contributed by atoms with E-state index in [4.69, 9.17) is 9.84 Å². The van der Waals surface area contributed by atoms with E-state index in [1.54, 1.807) is 31.5 Å². The molecule has 1 amide bonds. The first kappa shape index (κ1) is 17.5. The standard InChI is InChI=1S/C20H23N5O2/c1-27-16-5-2-4-14(12-16)20(26)23-10-11-25-19-17(6-3-8-22-19)18(24-25)15-7-9-21-13-15/h2-6,8,12,15,21H,7,9-11,13H2,1H3,(H,23,26)/t15-/m1/s1. The van der Waals surface area contributed by atoms with Gasteiger partial charge in [-0.05, 0) is 43.3 Å². The Kier molecular flexibility index (Phi) is 5.02. The highest BCUT2D eigenvalue weighted by Gasteiger charge is 2.23. The summed E-state index contributed by atoms with van der Waals surface area (Å²) in [7, 11) is 1.59. The van der Waals surface area contributed by atoms with Crippen LogP contribution in [0.5, 0.6) is 5.75 Å². The number of aromatic nitrogens is 3. The Morgan fingerprint density at radius 2 is 2.30 bits per heavy atom. The van der Waals surface area contributed by atoms with E-state index in [1.807, 2.05) is 16.8 Å². The fourth-order valence-corrected chi connectivity index (χ4v) is 3.52. The largest absolute Gasteiger partial charge is 0.497 e. The first-order valence-electron chi connectivity index (χ1n) is 9.20. The van der Waals surface area contributed by atoms with Crippen LogP contribution in [0.2, 0.25) is 0 Å². The van der Waals surface area contributed by atoms with Gasteiger partial charge in [0.25, 0.3) is 5.91 Å². The molecule has 7 nitrogen and oxygen atoms in total. The zero-order chi connectivity index (χ0) is 18.6. The van der Waals surface area contributed by atoms with Crippen LogP contribution in [0.4, 0.5) is 0 Å². The highest BCUT2D eigenvalue weighted by molar-refractivity contribution is 5.94. The Hall–Kier alpha value is -2.93. The van der Waals surface area contributed by atoms with Gasteiger partial charge in [-0.15, -0.1) is 0 Å². The van der Waals surface area contributed by atoms with Gasteiger partial charge in [0.1, 0.15) is 5.75 Å². The van der Waals surface area contributed by atoms with Crippen molar-refractivity contribution in [1.82, 2.24) is 25.4 Å². The van der Waals surface area contributed by atoms with E-state index in [9.17, 15) is 4.79 Å². The maximum absolute atomic E-state index is 12.4. The van der Waals surface area contributed by atoms with Crippen molar-refractivity contribution in [1.29, 1.82) is 0 Å². The number of hydrogen-bond acceptors (Lipinski definition) is 5. The van der Waals surface area contributed by atoms with Crippen molar-refractivity contribution >= 4 is 16.9 Å². The van der Waals surface area contributed by atoms with Gasteiger partial charge >= 0.3 is 0 Å². The molecule has 0 saturated carbocycles. The lowest BCUT2D eigenvalue weighted by Gasteiger charge is -2.07. The predicted molar refractivity (Wildman–Crippen MR) is 103 cm³/mol. The zero-order valence-corrected chi connectivity index (χ0v) is 15.3. The minimum Gasteiger partial charge on any atom is -0.497 e. The van der Waals surface area contributed by atoms with Crippen LogP contribution in [0.3, 0.4) is 0 Å². The first-order chi connectivity index (χ1) is 13.3. The molecule has 1 aromatic carbocycles. The quantitative estimate of drug-likeness (QED) is 0.698. The molecule has 2 N–H and O–H groups in total. The molecular weight excluding hydrogens is 342 g/mol. The van der Waals surface area contributed by atoms with E-state index >= 15 is 0 Å². The molecule has 1 aliphatic rings. The Bertz CT molecular complexity index is 946. The topological polar surface area (TPSA) is 81.1 Å². The van der Waals surface area contributed by atoms with Crippen LogP contribution in [0, 0.1) is 0 Å². The van der Waals surface area contributed by atoms with Gasteiger partial charge < -0.3 is 15.4 Å². The molecule has 4 rings (SSSR count). The van der Waals surface area contributed by atoms with Gasteiger partial charge in [0.15, 0.2) is 5.65 Å². The number of ether oxygens (including phenoxy) is 1. The number of amides is 1. The molecule has 2 aromatic heterocycles. The second-order valence-corrected chi connectivity index (χ2v) is 6.66. The summed E-state index contributed by atoms with van der Waals surface area (Å²) in [6.45, 7) is 3.03. The summed E-state index contributed by atoms with van der Waals surface area (Å²) in [5.41, 5.74) is 2.55. The molecule has 0 radical (unpaired) electrons. The molecule has 7 heteroatoms. The molecular formula is C20H23N5O2. The second kappa shape index (κ2) is 7.75. The minimum atomic E-state index is -0.126. The van der Waals surface area contributed by atoms with Crippen LogP contribution >= 0.6 is 0 Å². The van der Waals surface area contributed by atoms with Crippen LogP contribution in [0.15, 0.2) is 42.6 Å². The summed E-state index contributed by atoms with van der Waals surface area (Å²) in [5.74, 6) is 0.961. The highest BCUT2D eigenvalue weighted by Crippen LogP contribution is 2.27. The van der Waals surface area contributed by atoms with E-state index in [-0.39, 0.29) is 5.91 Å². The number of benzene rings is 1. The maximum atomic E-state index is 12.4. The molecule has 1 atom stereocenters. The first-order valence-corrected chi connectivity index (χ1v) is 9.20. The third kappa shape index (κ3) is 3.64. The third-order valence-corrected chi connectivity index (χ3v) is 4.92. The average Bonchev–Trinajstić information content (AvgIpc) is 3.36. The molecule has 1 fully saturated rings. The van der Waals surface area contributed by atoms with Crippen molar-refractivity contribution in [3.05, 3.63) is 53.9 Å². The van der Waals surface area contributed by atoms with Crippen molar-refractivity contribution in [2.45, 2.75) is 18.9 Å². The molecule has 3 aromatic rings. The molecule has 0 unspecified atom stereocenters. The van der Waals surface area contributed by atoms with Crippen molar-refractivity contribution in [2.24, 2.45) is 0 Å². The predicted octanol–water partition coefficient (Wildman–Crippen LogP) is 1.95. The molecule has 0 aliphatic carbocycles. The third-order valence-electron chi connectivity index (χ3n) is 4.92. The number of carbonyl (C=O) groups is 1. The zero-order valence-electron chi connectivity index (χ0n) is 15.3. The summed E-state index contributed by atoms with van der Waals surface area (Å²) in [6, 6.07) is 11.1. The Morgan fingerprint density at radius 3 is 3.11 bits per heavy atom. The van der Waals surface area contributed by atoms with Gasteiger partial charge in [-0.25, -0.2) is 9.67 Å². The normalized spacial score (nSPS) is 16.6. The summed E-state index contributed by atoms with van der Waals surface area (Å²) in [4.78, 5) is 16.9. The van der Waals surface area contributed by atoms with Crippen LogP contribution in [0.25, 0.3) is 11.0 Å². The molecule has 27 heavy (non-hydrogen) atoms. The summed E-state index contributed by atoms with van der Waals surface area (Å²) < 4.78 is 7.07. The van der Waals surface area contributed by atoms with Crippen molar-refractivity contribution in [3.63, 3.8) is 0 Å². The molecule has 1 saturated heterocycles. The van der Waals surface area contributed by atoms with Gasteiger partial charge in [-0.2, -0.15) is 5.10 Å². The number of methoxy groups -OCH3 is 1. The number of hydrogen-bond donors (Lipinski definition) is 2. The Morgan fingerprint density at radius 1 is 1.37 bits per heavy atom. The maximum Gasteiger partial charge on any atom is 0.251 e. The highest BCUT2D eigenvalue weighted by atomic mass is 16.5. The van der Waals surface area contributed by atoms with E-state index in [2.05, 4.69) is 21.7 Å². The number of carbonyl (C=O) groups excluding carboxylic acids is 1. The molecule has 140 valence electrons. The fraction of sp³-hybridized carbons (Fsp3) is 0.350. The Balaban J connectivity index is 1.46. The lowest BCUT2D eigenvalue weighted by atomic mass is 10.0. The lowest BCUT2D eigenvalue weighted by molar-refractivity contribution is 0.0951. The molecule has 1 aliphatic heterocycles. The molecule has 0 bridgehead atoms. The van der Waals surface area contributed by atoms with Crippen LogP contribution in [-0.2, 0) is 6.54 Å². The average molecular weight is 365 g/mol. The molecule has 0 spiro atoms. The molecule has 3 heterocycles. The monoisotopic (exact) mass is 365 g/mol. The van der Waals surface area contributed by atoms with Crippen LogP contribution in [0.1, 0.15) is 28.4 Å². The number of nitrogens with one attached hydrogen (secondary N) is 2. The van der Waals surface area contributed by atoms with Crippen molar-refractivity contribution in [2.75, 3.05) is 26.7 Å². The van der Waals surface area contributed by atoms with Gasteiger partial charge in [0.05, 0.1) is 19.3 Å². The van der Waals surface area contributed by atoms with E-state index in [0.717, 1.165) is 36.2 Å². The lowest BCUT2D eigenvalue weighted by Crippen LogP contribution is -2.27. The summed E-state index contributed by atoms with van der Waals surface area (Å²) in [6.07, 6.45) is 2.87. The minimum absolute atomic E-state index is 0.126. The van der Waals surface area contributed by atoms with Crippen LogP contribution < -0.4 is 15.4 Å². The summed E-state index contributed by atoms with van der Waals surface area (Å²) >= 11 is 0. The van der Waals surface area contributed by atoms with E-state index < -0.39 is 0 Å². The second-order valence-electron chi connectivity index (χ2n) is 6.66. The van der Waals surface area contributed by atoms with Crippen molar-refractivity contribution in [3.8, 4) is 5.75 Å². The van der Waals surface area contributed by atoms with Gasteiger partial charge in [-0.3, -0.25) is 4.79 Å². The number of rotatable bonds is 6. The van der Waals surface area contributed by atoms with Crippen LogP contribution in [-0.4, -0.2) is 47.4 Å². The summed E-state index contributed by atoms with van der Waals surface area (Å²) in [5, 5.41) is 12.3. The SMILES string of the molecule is COc1cccc(C(=O)NCCn2nc([C@@H]3CCNC3)c3cccnc32)c1. The fourth-order valence-electron chi connectivity index (χ4n) is 3.52. The number of nitrogens with zero attached hydrogens (tertiary/aromatic N) is 3.